The second kappa shape index (κ2) is 10.3. The quantitative estimate of drug-likeness (QED) is 0.482. The summed E-state index contributed by atoms with van der Waals surface area (Å²) < 4.78 is 25.4. The second-order valence-electron chi connectivity index (χ2n) is 6.78. The molecular weight excluding hydrogens is 450 g/mol. The first-order chi connectivity index (χ1) is 14.8. The van der Waals surface area contributed by atoms with Gasteiger partial charge in [0.25, 0.3) is 0 Å². The number of pyridine rings is 1. The zero-order valence-corrected chi connectivity index (χ0v) is 19.8. The van der Waals surface area contributed by atoms with Crippen LogP contribution in [-0.2, 0) is 14.8 Å². The van der Waals surface area contributed by atoms with Crippen molar-refractivity contribution in [2.24, 2.45) is 0 Å². The Morgan fingerprint density at radius 2 is 1.68 bits per heavy atom. The van der Waals surface area contributed by atoms with Crippen molar-refractivity contribution in [1.82, 2.24) is 9.29 Å². The van der Waals surface area contributed by atoms with Crippen LogP contribution in [0.1, 0.15) is 6.92 Å². The van der Waals surface area contributed by atoms with Gasteiger partial charge in [-0.25, -0.2) is 17.7 Å². The highest BCUT2D eigenvalue weighted by Crippen LogP contribution is 2.33. The molecule has 162 valence electrons. The molecule has 1 aromatic heterocycles. The normalized spacial score (nSPS) is 12.5. The topological polar surface area (TPSA) is 79.4 Å². The smallest absolute Gasteiger partial charge is 0.244 e. The second-order valence-corrected chi connectivity index (χ2v) is 11.4. The summed E-state index contributed by atoms with van der Waals surface area (Å²) in [6, 6.07) is 20.7. The number of carbonyl (C=O) groups excluding carboxylic acids is 1. The number of anilines is 1. The summed E-state index contributed by atoms with van der Waals surface area (Å²) in [4.78, 5) is 19.1. The van der Waals surface area contributed by atoms with Crippen molar-refractivity contribution in [3.05, 3.63) is 72.9 Å². The predicted molar refractivity (Wildman–Crippen MR) is 126 cm³/mol. The summed E-state index contributed by atoms with van der Waals surface area (Å²) >= 11 is 2.85. The van der Waals surface area contributed by atoms with E-state index in [1.165, 1.54) is 38.1 Å². The molecule has 1 amide bonds. The van der Waals surface area contributed by atoms with Crippen LogP contribution in [0.3, 0.4) is 0 Å². The summed E-state index contributed by atoms with van der Waals surface area (Å²) in [5, 5.41) is 3.15. The van der Waals surface area contributed by atoms with E-state index >= 15 is 0 Å². The van der Waals surface area contributed by atoms with Crippen LogP contribution in [0.2, 0.25) is 0 Å². The summed E-state index contributed by atoms with van der Waals surface area (Å²) in [5.41, 5.74) is 0.745. The average molecular weight is 474 g/mol. The average Bonchev–Trinajstić information content (AvgIpc) is 2.76. The van der Waals surface area contributed by atoms with Crippen molar-refractivity contribution in [2.45, 2.75) is 31.9 Å². The number of thioether (sulfide) groups is 1. The molecule has 9 heteroatoms. The molecule has 3 rings (SSSR count). The van der Waals surface area contributed by atoms with Crippen LogP contribution in [0.5, 0.6) is 0 Å². The van der Waals surface area contributed by atoms with E-state index in [1.807, 2.05) is 54.6 Å². The highest BCUT2D eigenvalue weighted by Gasteiger charge is 2.20. The van der Waals surface area contributed by atoms with E-state index in [4.69, 9.17) is 0 Å². The molecule has 1 heterocycles. The largest absolute Gasteiger partial charge is 0.324 e. The first-order valence-corrected chi connectivity index (χ1v) is 12.6. The number of nitrogens with zero attached hydrogens (tertiary/aromatic N) is 2. The van der Waals surface area contributed by atoms with Crippen LogP contribution in [0.4, 0.5) is 5.69 Å². The van der Waals surface area contributed by atoms with Crippen molar-refractivity contribution < 1.29 is 13.2 Å². The van der Waals surface area contributed by atoms with Crippen LogP contribution in [0, 0.1) is 0 Å². The Hall–Kier alpha value is -2.33. The lowest BCUT2D eigenvalue weighted by molar-refractivity contribution is -0.115. The van der Waals surface area contributed by atoms with Gasteiger partial charge in [-0.3, -0.25) is 4.79 Å². The zero-order valence-electron chi connectivity index (χ0n) is 17.3. The molecule has 0 spiro atoms. The minimum absolute atomic E-state index is 0.116. The third-order valence-corrected chi connectivity index (χ3v) is 8.20. The van der Waals surface area contributed by atoms with Gasteiger partial charge in [0, 0.05) is 30.1 Å². The van der Waals surface area contributed by atoms with E-state index in [2.05, 4.69) is 10.3 Å². The number of aromatic nitrogens is 1. The molecule has 0 fully saturated rings. The molecule has 31 heavy (non-hydrogen) atoms. The van der Waals surface area contributed by atoms with Crippen LogP contribution in [-0.4, -0.2) is 43.0 Å². The Bertz CT molecular complexity index is 1140. The third-order valence-electron chi connectivity index (χ3n) is 4.27. The van der Waals surface area contributed by atoms with E-state index in [0.29, 0.717) is 5.03 Å². The molecule has 0 bridgehead atoms. The number of carbonyl (C=O) groups is 1. The predicted octanol–water partition coefficient (Wildman–Crippen LogP) is 4.60. The Kier molecular flexibility index (Phi) is 7.77. The molecule has 1 atom stereocenters. The maximum Gasteiger partial charge on any atom is 0.244 e. The van der Waals surface area contributed by atoms with E-state index in [1.54, 1.807) is 24.8 Å². The van der Waals surface area contributed by atoms with Gasteiger partial charge in [0.1, 0.15) is 4.90 Å². The standard InChI is InChI=1S/C22H23N3O3S3/c1-16(29-21-14-13-18(15-23-21)31(27,28)25(2)3)22(26)24-19-11-7-8-12-20(19)30-17-9-5-4-6-10-17/h4-16H,1-3H3,(H,24,26). The zero-order chi connectivity index (χ0) is 22.4. The van der Waals surface area contributed by atoms with E-state index < -0.39 is 15.3 Å². The van der Waals surface area contributed by atoms with E-state index in [9.17, 15) is 13.2 Å². The van der Waals surface area contributed by atoms with Crippen molar-refractivity contribution in [3.63, 3.8) is 0 Å². The molecule has 0 saturated heterocycles. The van der Waals surface area contributed by atoms with Gasteiger partial charge < -0.3 is 5.32 Å². The third kappa shape index (κ3) is 6.10. The maximum atomic E-state index is 12.8. The Balaban J connectivity index is 1.66. The van der Waals surface area contributed by atoms with Crippen LogP contribution >= 0.6 is 23.5 Å². The number of nitrogens with one attached hydrogen (secondary N) is 1. The number of amides is 1. The molecular formula is C22H23N3O3S3. The molecule has 6 nitrogen and oxygen atoms in total. The number of hydrogen-bond donors (Lipinski definition) is 1. The van der Waals surface area contributed by atoms with Gasteiger partial charge in [-0.2, -0.15) is 0 Å². The fraction of sp³-hybridized carbons (Fsp3) is 0.182. The van der Waals surface area contributed by atoms with Gasteiger partial charge in [-0.1, -0.05) is 53.9 Å². The number of para-hydroxylation sites is 1. The Labute approximate surface area is 191 Å². The fourth-order valence-corrected chi connectivity index (χ4v) is 5.10. The number of hydrogen-bond acceptors (Lipinski definition) is 6. The summed E-state index contributed by atoms with van der Waals surface area (Å²) in [5.74, 6) is -0.155. The maximum absolute atomic E-state index is 12.8. The van der Waals surface area contributed by atoms with E-state index in [0.717, 1.165) is 19.8 Å². The van der Waals surface area contributed by atoms with Crippen molar-refractivity contribution in [2.75, 3.05) is 19.4 Å². The number of rotatable bonds is 8. The first kappa shape index (κ1) is 23.3. The molecule has 0 aliphatic heterocycles. The van der Waals surface area contributed by atoms with Gasteiger partial charge in [0.05, 0.1) is 16.0 Å². The lowest BCUT2D eigenvalue weighted by atomic mass is 10.3. The summed E-state index contributed by atoms with van der Waals surface area (Å²) in [6.45, 7) is 1.79. The van der Waals surface area contributed by atoms with E-state index in [-0.39, 0.29) is 10.8 Å². The van der Waals surface area contributed by atoms with Crippen molar-refractivity contribution in [3.8, 4) is 0 Å². The van der Waals surface area contributed by atoms with Gasteiger partial charge >= 0.3 is 0 Å². The molecule has 1 unspecified atom stereocenters. The number of sulfonamides is 1. The molecule has 0 aliphatic carbocycles. The van der Waals surface area contributed by atoms with Gasteiger partial charge in [-0.05, 0) is 43.3 Å². The Morgan fingerprint density at radius 3 is 2.32 bits per heavy atom. The highest BCUT2D eigenvalue weighted by atomic mass is 32.2. The number of benzene rings is 2. The van der Waals surface area contributed by atoms with Crippen LogP contribution < -0.4 is 5.32 Å². The molecule has 2 aromatic carbocycles. The monoisotopic (exact) mass is 473 g/mol. The lowest BCUT2D eigenvalue weighted by Gasteiger charge is -2.15. The molecule has 0 aliphatic rings. The van der Waals surface area contributed by atoms with Gasteiger partial charge in [0.15, 0.2) is 0 Å². The molecule has 1 N–H and O–H groups in total. The van der Waals surface area contributed by atoms with Crippen molar-refractivity contribution in [1.29, 1.82) is 0 Å². The minimum atomic E-state index is -3.53. The lowest BCUT2D eigenvalue weighted by Crippen LogP contribution is -2.23. The van der Waals surface area contributed by atoms with Gasteiger partial charge in [0.2, 0.25) is 15.9 Å². The molecule has 3 aromatic rings. The molecule has 0 saturated carbocycles. The van der Waals surface area contributed by atoms with Gasteiger partial charge in [-0.15, -0.1) is 0 Å². The summed E-state index contributed by atoms with van der Waals surface area (Å²) in [6.07, 6.45) is 1.31. The highest BCUT2D eigenvalue weighted by molar-refractivity contribution is 8.00. The summed E-state index contributed by atoms with van der Waals surface area (Å²) in [7, 11) is -0.589. The SMILES string of the molecule is CC(Sc1ccc(S(=O)(=O)N(C)C)cn1)C(=O)Nc1ccccc1Sc1ccccc1. The van der Waals surface area contributed by atoms with Crippen molar-refractivity contribution >= 4 is 45.1 Å². The minimum Gasteiger partial charge on any atom is -0.324 e. The fourth-order valence-electron chi connectivity index (χ4n) is 2.54. The first-order valence-electron chi connectivity index (χ1n) is 9.45. The molecule has 0 radical (unpaired) electrons. The van der Waals surface area contributed by atoms with Crippen LogP contribution in [0.25, 0.3) is 0 Å². The Morgan fingerprint density at radius 1 is 1.00 bits per heavy atom. The van der Waals surface area contributed by atoms with Crippen LogP contribution in [0.15, 0.2) is 92.6 Å².